The summed E-state index contributed by atoms with van der Waals surface area (Å²) in [5.41, 5.74) is 0.197. The van der Waals surface area contributed by atoms with E-state index in [9.17, 15) is 15.3 Å². The van der Waals surface area contributed by atoms with Gasteiger partial charge >= 0.3 is 0 Å². The van der Waals surface area contributed by atoms with Crippen LogP contribution in [0.25, 0.3) is 0 Å². The molecule has 0 heterocycles. The van der Waals surface area contributed by atoms with Crippen LogP contribution in [0.1, 0.15) is 13.8 Å². The lowest BCUT2D eigenvalue weighted by molar-refractivity contribution is 0.0501. The molecule has 4 unspecified atom stereocenters. The number of allylic oxidation sites excluding steroid dienone is 2. The molecule has 116 valence electrons. The van der Waals surface area contributed by atoms with Crippen LogP contribution in [0.15, 0.2) is 23.5 Å². The smallest absolute Gasteiger partial charge is 0.130 e. The molecule has 3 N–H and O–H groups in total. The number of thioether (sulfide) groups is 1. The molecule has 4 nitrogen and oxygen atoms in total. The minimum atomic E-state index is -0.950. The van der Waals surface area contributed by atoms with Gasteiger partial charge < -0.3 is 15.3 Å². The van der Waals surface area contributed by atoms with Gasteiger partial charge in [0.2, 0.25) is 0 Å². The highest BCUT2D eigenvalue weighted by molar-refractivity contribution is 8.00. The van der Waals surface area contributed by atoms with E-state index in [0.717, 1.165) is 0 Å². The van der Waals surface area contributed by atoms with E-state index in [1.54, 1.807) is 6.08 Å². The van der Waals surface area contributed by atoms with E-state index in [2.05, 4.69) is 18.5 Å². The molecule has 4 atom stereocenters. The Hall–Kier alpha value is -1.05. The minimum Gasteiger partial charge on any atom is -0.507 e. The molecule has 21 heavy (non-hydrogen) atoms. The van der Waals surface area contributed by atoms with Crippen LogP contribution in [0.3, 0.4) is 0 Å². The number of hydrogen-bond donors (Lipinski definition) is 4. The van der Waals surface area contributed by atoms with Gasteiger partial charge in [-0.2, -0.15) is 17.9 Å². The van der Waals surface area contributed by atoms with Gasteiger partial charge in [0.1, 0.15) is 5.76 Å². The third-order valence-corrected chi connectivity index (χ3v) is 4.53. The average molecular weight is 327 g/mol. The third kappa shape index (κ3) is 5.68. The minimum absolute atomic E-state index is 0.101. The van der Waals surface area contributed by atoms with E-state index in [1.165, 1.54) is 17.8 Å². The predicted octanol–water partition coefficient (Wildman–Crippen LogP) is 1.92. The summed E-state index contributed by atoms with van der Waals surface area (Å²) in [6.07, 6.45) is 6.58. The molecule has 0 aromatic heterocycles. The zero-order valence-corrected chi connectivity index (χ0v) is 13.8. The Kier molecular flexibility index (Phi) is 10.1. The van der Waals surface area contributed by atoms with Crippen molar-refractivity contribution in [3.63, 3.8) is 0 Å². The van der Waals surface area contributed by atoms with Gasteiger partial charge in [0.25, 0.3) is 0 Å². The summed E-state index contributed by atoms with van der Waals surface area (Å²) in [6.45, 7) is 4.00. The number of rotatable bonds is 5. The lowest BCUT2D eigenvalue weighted by Gasteiger charge is -2.25. The maximum Gasteiger partial charge on any atom is 0.130 e. The van der Waals surface area contributed by atoms with Crippen molar-refractivity contribution in [2.45, 2.75) is 31.3 Å². The second-order valence-electron chi connectivity index (χ2n) is 4.03. The molecule has 0 amide bonds. The lowest BCUT2D eigenvalue weighted by Crippen LogP contribution is -2.31. The molecule has 0 aromatic rings. The van der Waals surface area contributed by atoms with Crippen molar-refractivity contribution in [3.8, 4) is 18.4 Å². The van der Waals surface area contributed by atoms with Crippen LogP contribution < -0.4 is 0 Å². The van der Waals surface area contributed by atoms with Crippen molar-refractivity contribution >= 4 is 24.4 Å². The molecule has 0 radical (unpaired) electrons. The molecule has 1 rings (SSSR count). The summed E-state index contributed by atoms with van der Waals surface area (Å²) in [4.78, 5) is 0. The first-order valence-corrected chi connectivity index (χ1v) is 8.29. The van der Waals surface area contributed by atoms with E-state index < -0.39 is 17.5 Å². The lowest BCUT2D eigenvalue weighted by atomic mass is 9.94. The van der Waals surface area contributed by atoms with Crippen molar-refractivity contribution in [1.82, 2.24) is 0 Å². The maximum absolute atomic E-state index is 9.68. The number of thiol groups is 1. The third-order valence-electron chi connectivity index (χ3n) is 2.74. The second-order valence-corrected chi connectivity index (χ2v) is 5.57. The second kappa shape index (κ2) is 10.6. The molecule has 0 bridgehead atoms. The predicted molar refractivity (Wildman–Crippen MR) is 90.2 cm³/mol. The summed E-state index contributed by atoms with van der Waals surface area (Å²) < 4.78 is 0. The van der Waals surface area contributed by atoms with Gasteiger partial charge in [-0.3, -0.25) is 0 Å². The summed E-state index contributed by atoms with van der Waals surface area (Å²) >= 11 is 5.14. The van der Waals surface area contributed by atoms with Crippen LogP contribution in [-0.2, 0) is 0 Å². The van der Waals surface area contributed by atoms with Crippen molar-refractivity contribution in [2.24, 2.45) is 5.92 Å². The summed E-state index contributed by atoms with van der Waals surface area (Å²) in [5, 5.41) is 37.4. The van der Waals surface area contributed by atoms with Crippen molar-refractivity contribution in [2.75, 3.05) is 11.5 Å². The first-order chi connectivity index (χ1) is 10.0. The number of aliphatic hydroxyl groups is 3. The van der Waals surface area contributed by atoms with E-state index in [4.69, 9.17) is 11.7 Å². The summed E-state index contributed by atoms with van der Waals surface area (Å²) in [5.74, 6) is 2.47. The molecule has 0 aromatic carbocycles. The number of aliphatic hydroxyl groups excluding tert-OH is 3. The Morgan fingerprint density at radius 1 is 1.43 bits per heavy atom. The van der Waals surface area contributed by atoms with Gasteiger partial charge in [0.15, 0.2) is 0 Å². The van der Waals surface area contributed by atoms with Crippen molar-refractivity contribution in [1.29, 1.82) is 5.26 Å². The van der Waals surface area contributed by atoms with Gasteiger partial charge in [0, 0.05) is 11.5 Å². The molecular formula is C15H21NO3S2. The molecule has 0 saturated heterocycles. The van der Waals surface area contributed by atoms with E-state index in [1.807, 2.05) is 19.9 Å². The molecule has 0 spiro atoms. The van der Waals surface area contributed by atoms with Crippen LogP contribution in [0, 0.1) is 29.6 Å². The number of nitrogens with zero attached hydrogens (tertiary/aromatic N) is 1. The van der Waals surface area contributed by atoms with Crippen LogP contribution in [0.4, 0.5) is 0 Å². The number of terminal acetylenes is 1. The molecular weight excluding hydrogens is 306 g/mol. The molecule has 1 aliphatic carbocycles. The molecule has 0 aliphatic heterocycles. The van der Waals surface area contributed by atoms with Crippen LogP contribution in [0.2, 0.25) is 0 Å². The highest BCUT2D eigenvalue weighted by atomic mass is 32.2. The number of hydrogen-bond acceptors (Lipinski definition) is 6. The highest BCUT2D eigenvalue weighted by Crippen LogP contribution is 2.33. The number of nitriles is 1. The zero-order chi connectivity index (χ0) is 16.4. The molecule has 6 heteroatoms. The standard InChI is InChI=1S/C13H15NO3S2.C2H6/c1-2-8-3-4-10(15)9(5-14)13(8)19-7-12(17)11(16)6-18;1-2/h1,3-4,8,11-13,15-18H,6-7H2;1-2H3. The zero-order valence-electron chi connectivity index (χ0n) is 12.1. The Morgan fingerprint density at radius 2 is 2.05 bits per heavy atom. The first kappa shape index (κ1) is 19.9. The maximum atomic E-state index is 9.68. The van der Waals surface area contributed by atoms with Crippen LogP contribution in [0.5, 0.6) is 0 Å². The SMILES string of the molecule is C#CC1C=CC(O)=C(C#N)C1SCC(O)C(O)CS.CC. The Morgan fingerprint density at radius 3 is 2.52 bits per heavy atom. The fraction of sp³-hybridized carbons (Fsp3) is 0.533. The van der Waals surface area contributed by atoms with Crippen molar-refractivity contribution in [3.05, 3.63) is 23.5 Å². The Labute approximate surface area is 136 Å². The van der Waals surface area contributed by atoms with Gasteiger partial charge in [-0.15, -0.1) is 18.2 Å². The van der Waals surface area contributed by atoms with Crippen LogP contribution in [-0.4, -0.2) is 44.3 Å². The average Bonchev–Trinajstić information content (AvgIpc) is 2.53. The monoisotopic (exact) mass is 327 g/mol. The van der Waals surface area contributed by atoms with Gasteiger partial charge in [-0.25, -0.2) is 0 Å². The first-order valence-electron chi connectivity index (χ1n) is 6.61. The topological polar surface area (TPSA) is 84.5 Å². The molecule has 1 aliphatic rings. The fourth-order valence-corrected chi connectivity index (χ4v) is 3.18. The fourth-order valence-electron chi connectivity index (χ4n) is 1.60. The highest BCUT2D eigenvalue weighted by Gasteiger charge is 2.29. The largest absolute Gasteiger partial charge is 0.507 e. The van der Waals surface area contributed by atoms with Crippen molar-refractivity contribution < 1.29 is 15.3 Å². The molecule has 0 fully saturated rings. The summed E-state index contributed by atoms with van der Waals surface area (Å²) in [6, 6.07) is 1.94. The Bertz CT molecular complexity index is 463. The van der Waals surface area contributed by atoms with Gasteiger partial charge in [-0.1, -0.05) is 25.8 Å². The van der Waals surface area contributed by atoms with E-state index in [-0.39, 0.29) is 28.8 Å². The van der Waals surface area contributed by atoms with E-state index in [0.29, 0.717) is 0 Å². The van der Waals surface area contributed by atoms with Gasteiger partial charge in [-0.05, 0) is 6.08 Å². The normalized spacial score (nSPS) is 23.4. The summed E-state index contributed by atoms with van der Waals surface area (Å²) in [7, 11) is 0. The van der Waals surface area contributed by atoms with Crippen LogP contribution >= 0.6 is 24.4 Å². The van der Waals surface area contributed by atoms with E-state index >= 15 is 0 Å². The molecule has 0 saturated carbocycles. The quantitative estimate of drug-likeness (QED) is 0.458. The van der Waals surface area contributed by atoms with Gasteiger partial charge in [0.05, 0.1) is 35.0 Å². The Balaban J connectivity index is 0.00000191.